The zero-order valence-corrected chi connectivity index (χ0v) is 21.7. The number of rotatable bonds is 9. The maximum Gasteiger partial charge on any atom is 0.282 e. The van der Waals surface area contributed by atoms with E-state index in [9.17, 15) is 22.0 Å². The third kappa shape index (κ3) is 5.60. The number of methoxy groups -OCH3 is 1. The summed E-state index contributed by atoms with van der Waals surface area (Å²) in [7, 11) is -2.40. The highest BCUT2D eigenvalue weighted by atomic mass is 32.2. The molecule has 11 nitrogen and oxygen atoms in total. The molecule has 3 N–H and O–H groups in total. The summed E-state index contributed by atoms with van der Waals surface area (Å²) in [5.41, 5.74) is 1.12. The van der Waals surface area contributed by atoms with E-state index < -0.39 is 47.3 Å². The number of aromatic nitrogens is 2. The fourth-order valence-corrected chi connectivity index (χ4v) is 5.68. The minimum atomic E-state index is -3.81. The summed E-state index contributed by atoms with van der Waals surface area (Å²) in [6.07, 6.45) is 5.65. The second-order valence-corrected chi connectivity index (χ2v) is 11.9. The van der Waals surface area contributed by atoms with E-state index in [1.807, 2.05) is 4.90 Å². The number of hydrogen-bond acceptors (Lipinski definition) is 9. The van der Waals surface area contributed by atoms with Crippen LogP contribution in [0.3, 0.4) is 0 Å². The van der Waals surface area contributed by atoms with Crippen LogP contribution < -0.4 is 24.6 Å². The normalized spacial score (nSPS) is 19.6. The molecule has 2 saturated heterocycles. The molecule has 0 bridgehead atoms. The van der Waals surface area contributed by atoms with Gasteiger partial charge in [-0.25, -0.2) is 27.2 Å². The molecule has 2 aromatic rings. The number of nitrogens with zero attached hydrogens (tertiary/aromatic N) is 4. The number of halogens is 2. The number of amides is 1. The number of nitrogens with one attached hydrogen (secondary N) is 2. The highest BCUT2D eigenvalue weighted by molar-refractivity contribution is 7.92. The molecule has 3 aliphatic rings. The summed E-state index contributed by atoms with van der Waals surface area (Å²) in [4.78, 5) is 25.3. The molecule has 3 fully saturated rings. The smallest absolute Gasteiger partial charge is 0.282 e. The van der Waals surface area contributed by atoms with Gasteiger partial charge in [0, 0.05) is 25.4 Å². The summed E-state index contributed by atoms with van der Waals surface area (Å²) in [5, 5.41) is 11.7. The number of anilines is 4. The number of sulfonamides is 1. The molecule has 1 saturated carbocycles. The van der Waals surface area contributed by atoms with Gasteiger partial charge in [0.2, 0.25) is 10.0 Å². The number of ether oxygens (including phenoxy) is 1. The van der Waals surface area contributed by atoms with Gasteiger partial charge < -0.3 is 25.0 Å². The number of alkyl halides is 2. The summed E-state index contributed by atoms with van der Waals surface area (Å²) in [5.74, 6) is -3.11. The molecule has 2 aromatic heterocycles. The van der Waals surface area contributed by atoms with E-state index in [0.29, 0.717) is 29.9 Å². The van der Waals surface area contributed by atoms with Gasteiger partial charge >= 0.3 is 0 Å². The van der Waals surface area contributed by atoms with Crippen molar-refractivity contribution in [2.75, 3.05) is 65.5 Å². The maximum atomic E-state index is 13.4. The first kappa shape index (κ1) is 26.4. The van der Waals surface area contributed by atoms with E-state index in [1.165, 1.54) is 43.2 Å². The van der Waals surface area contributed by atoms with Crippen molar-refractivity contribution in [3.05, 3.63) is 30.0 Å². The lowest BCUT2D eigenvalue weighted by atomic mass is 9.93. The molecule has 4 heterocycles. The van der Waals surface area contributed by atoms with E-state index in [4.69, 9.17) is 9.84 Å². The van der Waals surface area contributed by atoms with Crippen molar-refractivity contribution in [2.24, 2.45) is 5.41 Å². The second kappa shape index (κ2) is 9.80. The Morgan fingerprint density at radius 2 is 1.84 bits per heavy atom. The zero-order valence-electron chi connectivity index (χ0n) is 20.9. The summed E-state index contributed by atoms with van der Waals surface area (Å²) in [6, 6.07) is 4.58. The van der Waals surface area contributed by atoms with Crippen LogP contribution >= 0.6 is 0 Å². The van der Waals surface area contributed by atoms with E-state index in [2.05, 4.69) is 20.0 Å². The first-order valence-electron chi connectivity index (χ1n) is 12.4. The van der Waals surface area contributed by atoms with Gasteiger partial charge in [-0.05, 0) is 43.2 Å². The Hall–Kier alpha value is -3.26. The van der Waals surface area contributed by atoms with Crippen molar-refractivity contribution >= 4 is 39.1 Å². The highest BCUT2D eigenvalue weighted by Crippen LogP contribution is 2.54. The highest BCUT2D eigenvalue weighted by Gasteiger charge is 2.46. The first-order valence-corrected chi connectivity index (χ1v) is 14.0. The van der Waals surface area contributed by atoms with E-state index >= 15 is 0 Å². The Balaban J connectivity index is 1.40. The Morgan fingerprint density at radius 3 is 2.45 bits per heavy atom. The zero-order chi connectivity index (χ0) is 27.1. The van der Waals surface area contributed by atoms with Gasteiger partial charge in [0.1, 0.15) is 11.6 Å². The number of carbonyl (C=O) groups is 1. The number of aliphatic hydroxyl groups excluding tert-OH is 1. The molecular formula is C24H30F2N6O5S. The lowest BCUT2D eigenvalue weighted by Crippen LogP contribution is -2.56. The lowest BCUT2D eigenvalue weighted by Gasteiger charge is -2.40. The van der Waals surface area contributed by atoms with E-state index in [-0.39, 0.29) is 23.0 Å². The molecule has 0 unspecified atom stereocenters. The van der Waals surface area contributed by atoms with Crippen LogP contribution in [0.4, 0.5) is 31.9 Å². The molecule has 1 aliphatic carbocycles. The Kier molecular flexibility index (Phi) is 6.80. The van der Waals surface area contributed by atoms with Gasteiger partial charge in [0.25, 0.3) is 11.8 Å². The molecule has 206 valence electrons. The predicted octanol–water partition coefficient (Wildman–Crippen LogP) is 2.31. The Bertz CT molecular complexity index is 1320. The largest absolute Gasteiger partial charge is 0.493 e. The molecule has 0 aromatic carbocycles. The average Bonchev–Trinajstić information content (AvgIpc) is 3.61. The van der Waals surface area contributed by atoms with Crippen LogP contribution in [0.25, 0.3) is 0 Å². The third-order valence-corrected chi connectivity index (χ3v) is 8.55. The van der Waals surface area contributed by atoms with Crippen LogP contribution in [0.2, 0.25) is 0 Å². The van der Waals surface area contributed by atoms with Gasteiger partial charge in [0.15, 0.2) is 11.6 Å². The Labute approximate surface area is 219 Å². The van der Waals surface area contributed by atoms with Crippen molar-refractivity contribution in [1.82, 2.24) is 9.97 Å². The molecule has 14 heteroatoms. The molecule has 0 radical (unpaired) electrons. The fraction of sp³-hybridized carbons (Fsp3) is 0.542. The lowest BCUT2D eigenvalue weighted by molar-refractivity contribution is -0.0269. The number of carbonyl (C=O) groups excluding carboxylic acids is 1. The van der Waals surface area contributed by atoms with E-state index in [1.54, 1.807) is 6.07 Å². The number of pyridine rings is 2. The van der Waals surface area contributed by atoms with Crippen molar-refractivity contribution in [2.45, 2.75) is 31.6 Å². The number of aliphatic hydroxyl groups is 1. The average molecular weight is 553 g/mol. The van der Waals surface area contributed by atoms with Crippen LogP contribution in [-0.4, -0.2) is 81.0 Å². The van der Waals surface area contributed by atoms with Crippen molar-refractivity contribution in [3.8, 4) is 5.75 Å². The van der Waals surface area contributed by atoms with Crippen molar-refractivity contribution in [1.29, 1.82) is 0 Å². The van der Waals surface area contributed by atoms with Gasteiger partial charge in [-0.15, -0.1) is 0 Å². The van der Waals surface area contributed by atoms with Gasteiger partial charge in [-0.3, -0.25) is 9.52 Å². The summed E-state index contributed by atoms with van der Waals surface area (Å²) >= 11 is 0. The fourth-order valence-electron chi connectivity index (χ4n) is 4.90. The quantitative estimate of drug-likeness (QED) is 0.428. The van der Waals surface area contributed by atoms with Crippen LogP contribution in [0.15, 0.2) is 24.4 Å². The molecule has 1 amide bonds. The standard InChI is InChI=1S/C24H30F2N6O5S/c1-37-18-2-3-19(28-21(18)32-14-24(25,26)15-32)29-22(34)16-13-27-20(30-38(35,36)11-10-33)12-17(16)31-8-6-23(4-5-23)7-9-31/h2-3,12-13,33H,4-11,14-15H2,1H3,(H,27,30)(H,28,29,34). The Morgan fingerprint density at radius 1 is 1.13 bits per heavy atom. The predicted molar refractivity (Wildman–Crippen MR) is 138 cm³/mol. The van der Waals surface area contributed by atoms with Crippen LogP contribution in [0.5, 0.6) is 5.75 Å². The molecule has 38 heavy (non-hydrogen) atoms. The monoisotopic (exact) mass is 552 g/mol. The summed E-state index contributed by atoms with van der Waals surface area (Å²) < 4.78 is 58.8. The summed E-state index contributed by atoms with van der Waals surface area (Å²) in [6.45, 7) is -0.108. The second-order valence-electron chi connectivity index (χ2n) is 10.1. The minimum Gasteiger partial charge on any atom is -0.493 e. The SMILES string of the molecule is COc1ccc(NC(=O)c2cnc(NS(=O)(=O)CCO)cc2N2CCC3(CC2)CC3)nc1N1CC(F)(F)C1. The van der Waals surface area contributed by atoms with Crippen molar-refractivity contribution in [3.63, 3.8) is 0 Å². The molecule has 1 spiro atoms. The number of hydrogen-bond donors (Lipinski definition) is 3. The topological polar surface area (TPSA) is 137 Å². The number of piperidine rings is 1. The van der Waals surface area contributed by atoms with Gasteiger partial charge in [-0.1, -0.05) is 0 Å². The van der Waals surface area contributed by atoms with Crippen LogP contribution in [0.1, 0.15) is 36.0 Å². The molecule has 5 rings (SSSR count). The molecule has 2 aliphatic heterocycles. The van der Waals surface area contributed by atoms with Crippen LogP contribution in [-0.2, 0) is 10.0 Å². The third-order valence-electron chi connectivity index (χ3n) is 7.31. The van der Waals surface area contributed by atoms with Gasteiger partial charge in [0.05, 0.1) is 43.8 Å². The van der Waals surface area contributed by atoms with Gasteiger partial charge in [-0.2, -0.15) is 0 Å². The van der Waals surface area contributed by atoms with E-state index in [0.717, 1.165) is 12.8 Å². The minimum absolute atomic E-state index is 0.0419. The van der Waals surface area contributed by atoms with Crippen LogP contribution in [0, 0.1) is 5.41 Å². The van der Waals surface area contributed by atoms with Crippen molar-refractivity contribution < 1.29 is 31.8 Å². The molecular weight excluding hydrogens is 522 g/mol. The first-order chi connectivity index (χ1) is 18.0. The molecule has 0 atom stereocenters. The maximum absolute atomic E-state index is 13.4.